The van der Waals surface area contributed by atoms with E-state index < -0.39 is 5.95 Å². The number of nitrogens with zero attached hydrogens (tertiary/aromatic N) is 2. The van der Waals surface area contributed by atoms with Gasteiger partial charge in [0.1, 0.15) is 5.75 Å². The van der Waals surface area contributed by atoms with Gasteiger partial charge in [0.05, 0.1) is 11.3 Å². The summed E-state index contributed by atoms with van der Waals surface area (Å²) in [6.45, 7) is 2.60. The predicted molar refractivity (Wildman–Crippen MR) is 151 cm³/mol. The zero-order valence-electron chi connectivity index (χ0n) is 22.8. The number of benzene rings is 2. The van der Waals surface area contributed by atoms with Gasteiger partial charge in [-0.15, -0.1) is 0 Å². The maximum absolute atomic E-state index is 14.4. The third-order valence-corrected chi connectivity index (χ3v) is 10.1. The summed E-state index contributed by atoms with van der Waals surface area (Å²) in [5, 5.41) is 27.1. The summed E-state index contributed by atoms with van der Waals surface area (Å²) in [7, 11) is 0. The van der Waals surface area contributed by atoms with Crippen molar-refractivity contribution < 1.29 is 19.5 Å². The summed E-state index contributed by atoms with van der Waals surface area (Å²) in [5.41, 5.74) is 4.37. The zero-order valence-corrected chi connectivity index (χ0v) is 22.8. The number of aromatic nitrogens is 1. The highest BCUT2D eigenvalue weighted by Gasteiger charge is 2.59. The first-order valence-electron chi connectivity index (χ1n) is 14.4. The van der Waals surface area contributed by atoms with E-state index in [1.165, 1.54) is 23.3 Å². The van der Waals surface area contributed by atoms with Gasteiger partial charge in [-0.3, -0.25) is 4.79 Å². The predicted octanol–water partition coefficient (Wildman–Crippen LogP) is 6.44. The topological polar surface area (TPSA) is 94.8 Å². The molecule has 0 aliphatic heterocycles. The summed E-state index contributed by atoms with van der Waals surface area (Å²) in [5.74, 6) is 0.129. The first-order chi connectivity index (χ1) is 19.4. The second-order valence-corrected chi connectivity index (χ2v) is 12.0. The molecule has 3 N–H and O–H groups in total. The smallest absolute Gasteiger partial charge is 0.255 e. The number of carbonyl (C=O) groups excluding carboxylic acids is 1. The number of aromatic hydroxyl groups is 1. The molecular weight excluding hydrogens is 505 g/mol. The van der Waals surface area contributed by atoms with Crippen LogP contribution in [0.2, 0.25) is 0 Å². The molecule has 6 rings (SSSR count). The van der Waals surface area contributed by atoms with Crippen molar-refractivity contribution in [2.24, 2.45) is 28.3 Å². The van der Waals surface area contributed by atoms with Gasteiger partial charge in [-0.25, -0.2) is 4.98 Å². The van der Waals surface area contributed by atoms with Crippen molar-refractivity contribution >= 4 is 11.6 Å². The number of halogens is 1. The Hall–Kier alpha value is -3.74. The molecule has 2 fully saturated rings. The molecule has 3 aliphatic rings. The molecule has 0 saturated heterocycles. The molecular formula is C33H36FN3O3. The van der Waals surface area contributed by atoms with Crippen LogP contribution in [0.1, 0.15) is 78.0 Å². The van der Waals surface area contributed by atoms with Crippen molar-refractivity contribution in [3.8, 4) is 5.75 Å². The van der Waals surface area contributed by atoms with Gasteiger partial charge in [0.15, 0.2) is 0 Å². The first kappa shape index (κ1) is 26.5. The number of oxime groups is 1. The van der Waals surface area contributed by atoms with Gasteiger partial charge in [-0.05, 0) is 97.6 Å². The number of para-hydroxylation sites is 1. The number of rotatable bonds is 6. The van der Waals surface area contributed by atoms with Crippen molar-refractivity contribution in [2.75, 3.05) is 6.54 Å². The lowest BCUT2D eigenvalue weighted by molar-refractivity contribution is 0.0475. The summed E-state index contributed by atoms with van der Waals surface area (Å²) < 4.78 is 14.4. The highest BCUT2D eigenvalue weighted by atomic mass is 19.1. The van der Waals surface area contributed by atoms with E-state index >= 15 is 0 Å². The standard InChI is InChI=1S/C33H36FN3O3/c1-33-17-15-22-21-8-3-2-7-20(21)13-14-24(22)31(33)26(19-29(33)37-40)23(27-10-6-12-30(34)36-27)16-18-35-32(39)25-9-4-5-11-28(25)38/h2-12,22-24,26,31,38,40H,13-19H2,1H3,(H,35,39)/b37-29+/t22?,23?,24?,26-,31?,33+/m0/s1. The third kappa shape index (κ3) is 4.55. The molecule has 0 radical (unpaired) electrons. The molecule has 2 saturated carbocycles. The lowest BCUT2D eigenvalue weighted by Gasteiger charge is -2.51. The van der Waals surface area contributed by atoms with E-state index in [1.54, 1.807) is 24.3 Å². The van der Waals surface area contributed by atoms with Crippen LogP contribution in [0.25, 0.3) is 0 Å². The zero-order chi connectivity index (χ0) is 27.9. The van der Waals surface area contributed by atoms with Crippen LogP contribution in [0.4, 0.5) is 4.39 Å². The molecule has 0 spiro atoms. The number of phenols is 1. The molecule has 40 heavy (non-hydrogen) atoms. The lowest BCUT2D eigenvalue weighted by atomic mass is 9.53. The molecule has 1 aromatic heterocycles. The Morgan fingerprint density at radius 3 is 2.73 bits per heavy atom. The van der Waals surface area contributed by atoms with Crippen LogP contribution < -0.4 is 5.32 Å². The van der Waals surface area contributed by atoms with Crippen molar-refractivity contribution in [1.29, 1.82) is 0 Å². The summed E-state index contributed by atoms with van der Waals surface area (Å²) in [6.07, 6.45) is 5.28. The van der Waals surface area contributed by atoms with Gasteiger partial charge in [-0.1, -0.05) is 54.5 Å². The lowest BCUT2D eigenvalue weighted by Crippen LogP contribution is -2.45. The second-order valence-electron chi connectivity index (χ2n) is 12.0. The maximum Gasteiger partial charge on any atom is 0.255 e. The molecule has 1 heterocycles. The Morgan fingerprint density at radius 2 is 1.93 bits per heavy atom. The molecule has 1 amide bonds. The third-order valence-electron chi connectivity index (χ3n) is 10.1. The monoisotopic (exact) mass is 541 g/mol. The average Bonchev–Trinajstić information content (AvgIpc) is 3.27. The van der Waals surface area contributed by atoms with E-state index in [0.29, 0.717) is 36.9 Å². The van der Waals surface area contributed by atoms with E-state index in [0.717, 1.165) is 31.4 Å². The summed E-state index contributed by atoms with van der Waals surface area (Å²) in [4.78, 5) is 17.2. The van der Waals surface area contributed by atoms with Gasteiger partial charge in [0.2, 0.25) is 5.95 Å². The fourth-order valence-electron chi connectivity index (χ4n) is 8.34. The average molecular weight is 542 g/mol. The maximum atomic E-state index is 14.4. The minimum Gasteiger partial charge on any atom is -0.507 e. The molecule has 0 bridgehead atoms. The van der Waals surface area contributed by atoms with E-state index in [1.807, 2.05) is 6.07 Å². The van der Waals surface area contributed by atoms with Gasteiger partial charge < -0.3 is 15.6 Å². The van der Waals surface area contributed by atoms with E-state index in [4.69, 9.17) is 0 Å². The molecule has 3 aromatic rings. The summed E-state index contributed by atoms with van der Waals surface area (Å²) in [6, 6.07) is 20.2. The van der Waals surface area contributed by atoms with E-state index in [-0.39, 0.29) is 40.4 Å². The number of hydrogen-bond donors (Lipinski definition) is 3. The van der Waals surface area contributed by atoms with Gasteiger partial charge in [0.25, 0.3) is 5.91 Å². The normalized spacial score (nSPS) is 28.8. The fraction of sp³-hybridized carbons (Fsp3) is 0.424. The quantitative estimate of drug-likeness (QED) is 0.190. The SMILES string of the molecule is C[C@]12CCC3c4ccccc4CCC3C1[C@H](C(CCNC(=O)c1ccccc1O)c1cccc(F)n1)C/C2=N\O. The number of aryl methyl sites for hydroxylation is 1. The van der Waals surface area contributed by atoms with E-state index in [9.17, 15) is 19.5 Å². The van der Waals surface area contributed by atoms with Crippen LogP contribution >= 0.6 is 0 Å². The Kier molecular flexibility index (Phi) is 7.07. The Bertz CT molecular complexity index is 1440. The number of hydrogen-bond acceptors (Lipinski definition) is 5. The van der Waals surface area contributed by atoms with Crippen molar-refractivity contribution in [3.63, 3.8) is 0 Å². The summed E-state index contributed by atoms with van der Waals surface area (Å²) >= 11 is 0. The fourth-order valence-corrected chi connectivity index (χ4v) is 8.34. The largest absolute Gasteiger partial charge is 0.507 e. The number of carbonyl (C=O) groups is 1. The van der Waals surface area contributed by atoms with E-state index in [2.05, 4.69) is 46.6 Å². The van der Waals surface area contributed by atoms with Crippen LogP contribution in [0.5, 0.6) is 5.75 Å². The molecule has 208 valence electrons. The number of phenolic OH excluding ortho intramolecular Hbond substituents is 1. The molecule has 6 nitrogen and oxygen atoms in total. The molecule has 6 atom stereocenters. The number of pyridine rings is 1. The highest BCUT2D eigenvalue weighted by Crippen LogP contribution is 2.64. The highest BCUT2D eigenvalue weighted by molar-refractivity contribution is 5.96. The van der Waals surface area contributed by atoms with Gasteiger partial charge in [0, 0.05) is 23.6 Å². The van der Waals surface area contributed by atoms with Crippen LogP contribution in [-0.2, 0) is 6.42 Å². The van der Waals surface area contributed by atoms with Crippen LogP contribution in [0, 0.1) is 29.1 Å². The number of fused-ring (bicyclic) bond motifs is 5. The van der Waals surface area contributed by atoms with Gasteiger partial charge in [-0.2, -0.15) is 4.39 Å². The Labute approximate surface area is 234 Å². The molecule has 3 aliphatic carbocycles. The minimum atomic E-state index is -0.523. The van der Waals surface area contributed by atoms with Gasteiger partial charge >= 0.3 is 0 Å². The second kappa shape index (κ2) is 10.7. The van der Waals surface area contributed by atoms with Crippen molar-refractivity contribution in [1.82, 2.24) is 10.3 Å². The van der Waals surface area contributed by atoms with Crippen LogP contribution in [0.3, 0.4) is 0 Å². The molecule has 7 heteroatoms. The number of amides is 1. The molecule has 4 unspecified atom stereocenters. The number of nitrogens with one attached hydrogen (secondary N) is 1. The minimum absolute atomic E-state index is 0.0652. The van der Waals surface area contributed by atoms with Crippen molar-refractivity contribution in [2.45, 2.75) is 57.3 Å². The first-order valence-corrected chi connectivity index (χ1v) is 14.4. The Balaban J connectivity index is 1.33. The van der Waals surface area contributed by atoms with Crippen molar-refractivity contribution in [3.05, 3.63) is 95.1 Å². The molecule has 2 aromatic carbocycles. The van der Waals surface area contributed by atoms with Crippen LogP contribution in [-0.4, -0.2) is 33.5 Å². The van der Waals surface area contributed by atoms with Crippen LogP contribution in [0.15, 0.2) is 71.9 Å². The Morgan fingerprint density at radius 1 is 1.12 bits per heavy atom.